The number of benzene rings is 1. The third kappa shape index (κ3) is 5.11. The van der Waals surface area contributed by atoms with Gasteiger partial charge >= 0.3 is 0 Å². The van der Waals surface area contributed by atoms with Crippen LogP contribution in [0.1, 0.15) is 27.2 Å². The normalized spacial score (nSPS) is 13.4. The lowest BCUT2D eigenvalue weighted by Gasteiger charge is -2.17. The topological polar surface area (TPSA) is 67.4 Å². The summed E-state index contributed by atoms with van der Waals surface area (Å²) in [7, 11) is -1.76. The standard InChI is InChI=1S/C14H24N2O3S/c1-5-12(10-19-4)15-13-6-8-14(9-7-13)20(17,18)16-11(2)3/h6-9,11-12,15-16H,5,10H2,1-4H3. The van der Waals surface area contributed by atoms with Crippen molar-refractivity contribution in [2.24, 2.45) is 0 Å². The zero-order valence-electron chi connectivity index (χ0n) is 12.5. The van der Waals surface area contributed by atoms with Crippen molar-refractivity contribution in [2.45, 2.75) is 44.2 Å². The summed E-state index contributed by atoms with van der Waals surface area (Å²) in [6, 6.07) is 6.85. The van der Waals surface area contributed by atoms with Crippen LogP contribution >= 0.6 is 0 Å². The van der Waals surface area contributed by atoms with Gasteiger partial charge in [0.1, 0.15) is 0 Å². The Labute approximate surface area is 121 Å². The zero-order chi connectivity index (χ0) is 15.2. The minimum Gasteiger partial charge on any atom is -0.383 e. The first-order valence-corrected chi connectivity index (χ1v) is 8.25. The summed E-state index contributed by atoms with van der Waals surface area (Å²) in [6.45, 7) is 6.28. The Hall–Kier alpha value is -1.11. The maximum Gasteiger partial charge on any atom is 0.240 e. The highest BCUT2D eigenvalue weighted by Gasteiger charge is 2.15. The molecular weight excluding hydrogens is 276 g/mol. The van der Waals surface area contributed by atoms with E-state index in [9.17, 15) is 8.42 Å². The molecule has 0 amide bonds. The van der Waals surface area contributed by atoms with E-state index in [0.717, 1.165) is 12.1 Å². The Bertz CT molecular complexity index is 498. The average Bonchev–Trinajstić information content (AvgIpc) is 2.37. The highest BCUT2D eigenvalue weighted by Crippen LogP contribution is 2.15. The van der Waals surface area contributed by atoms with Crippen LogP contribution in [-0.2, 0) is 14.8 Å². The van der Waals surface area contributed by atoms with E-state index in [-0.39, 0.29) is 17.0 Å². The molecule has 1 aromatic rings. The molecule has 0 aromatic heterocycles. The van der Waals surface area contributed by atoms with Crippen LogP contribution < -0.4 is 10.0 Å². The number of hydrogen-bond acceptors (Lipinski definition) is 4. The maximum absolute atomic E-state index is 12.0. The van der Waals surface area contributed by atoms with Crippen molar-refractivity contribution in [3.63, 3.8) is 0 Å². The first kappa shape index (κ1) is 16.9. The van der Waals surface area contributed by atoms with Gasteiger partial charge in [-0.25, -0.2) is 13.1 Å². The summed E-state index contributed by atoms with van der Waals surface area (Å²) in [5.41, 5.74) is 0.886. The fourth-order valence-corrected chi connectivity index (χ4v) is 3.06. The van der Waals surface area contributed by atoms with Gasteiger partial charge in [-0.15, -0.1) is 0 Å². The van der Waals surface area contributed by atoms with E-state index in [0.29, 0.717) is 6.61 Å². The molecule has 2 N–H and O–H groups in total. The molecule has 1 unspecified atom stereocenters. The largest absolute Gasteiger partial charge is 0.383 e. The Morgan fingerprint density at radius 3 is 2.25 bits per heavy atom. The molecule has 0 saturated heterocycles. The Kier molecular flexibility index (Phi) is 6.45. The SMILES string of the molecule is CCC(COC)Nc1ccc(S(=O)(=O)NC(C)C)cc1. The van der Waals surface area contributed by atoms with Gasteiger partial charge in [0.15, 0.2) is 0 Å². The quantitative estimate of drug-likeness (QED) is 0.772. The molecule has 1 atom stereocenters. The highest BCUT2D eigenvalue weighted by molar-refractivity contribution is 7.89. The lowest BCUT2D eigenvalue weighted by atomic mass is 10.2. The smallest absolute Gasteiger partial charge is 0.240 e. The molecule has 5 nitrogen and oxygen atoms in total. The number of hydrogen-bond donors (Lipinski definition) is 2. The fourth-order valence-electron chi connectivity index (χ4n) is 1.81. The van der Waals surface area contributed by atoms with Crippen molar-refractivity contribution in [3.8, 4) is 0 Å². The molecule has 114 valence electrons. The van der Waals surface area contributed by atoms with Gasteiger partial charge in [0.05, 0.1) is 11.5 Å². The molecular formula is C14H24N2O3S. The van der Waals surface area contributed by atoms with Crippen molar-refractivity contribution >= 4 is 15.7 Å². The molecule has 1 rings (SSSR count). The molecule has 0 heterocycles. The third-order valence-corrected chi connectivity index (χ3v) is 4.46. The number of nitrogens with one attached hydrogen (secondary N) is 2. The second kappa shape index (κ2) is 7.61. The molecule has 1 aromatic carbocycles. The number of ether oxygens (including phenoxy) is 1. The Balaban J connectivity index is 2.78. The van der Waals surface area contributed by atoms with Crippen molar-refractivity contribution in [2.75, 3.05) is 19.0 Å². The first-order valence-electron chi connectivity index (χ1n) is 6.77. The lowest BCUT2D eigenvalue weighted by molar-refractivity contribution is 0.184. The minimum atomic E-state index is -3.42. The predicted molar refractivity (Wildman–Crippen MR) is 81.5 cm³/mol. The molecule has 0 aliphatic rings. The molecule has 0 saturated carbocycles. The second-order valence-corrected chi connectivity index (χ2v) is 6.72. The van der Waals surface area contributed by atoms with Crippen LogP contribution in [0.25, 0.3) is 0 Å². The summed E-state index contributed by atoms with van der Waals surface area (Å²) >= 11 is 0. The van der Waals surface area contributed by atoms with E-state index >= 15 is 0 Å². The summed E-state index contributed by atoms with van der Waals surface area (Å²) in [6.07, 6.45) is 0.933. The van der Waals surface area contributed by atoms with Crippen LogP contribution in [0.15, 0.2) is 29.2 Å². The van der Waals surface area contributed by atoms with Crippen molar-refractivity contribution in [3.05, 3.63) is 24.3 Å². The fraction of sp³-hybridized carbons (Fsp3) is 0.571. The van der Waals surface area contributed by atoms with Gasteiger partial charge in [0.25, 0.3) is 0 Å². The predicted octanol–water partition coefficient (Wildman–Crippen LogP) is 2.21. The third-order valence-electron chi connectivity index (χ3n) is 2.79. The molecule has 6 heteroatoms. The molecule has 0 radical (unpaired) electrons. The van der Waals surface area contributed by atoms with Crippen LogP contribution in [0, 0.1) is 0 Å². The molecule has 0 fully saturated rings. The summed E-state index contributed by atoms with van der Waals surface area (Å²) in [5, 5.41) is 3.31. The van der Waals surface area contributed by atoms with Gasteiger partial charge < -0.3 is 10.1 Å². The number of anilines is 1. The molecule has 20 heavy (non-hydrogen) atoms. The Morgan fingerprint density at radius 1 is 1.20 bits per heavy atom. The van der Waals surface area contributed by atoms with Gasteiger partial charge in [0.2, 0.25) is 10.0 Å². The number of methoxy groups -OCH3 is 1. The van der Waals surface area contributed by atoms with Crippen molar-refractivity contribution < 1.29 is 13.2 Å². The van der Waals surface area contributed by atoms with Crippen LogP contribution in [0.4, 0.5) is 5.69 Å². The highest BCUT2D eigenvalue weighted by atomic mass is 32.2. The summed E-state index contributed by atoms with van der Waals surface area (Å²) in [4.78, 5) is 0.275. The van der Waals surface area contributed by atoms with Crippen LogP contribution in [0.2, 0.25) is 0 Å². The van der Waals surface area contributed by atoms with Crippen molar-refractivity contribution in [1.82, 2.24) is 4.72 Å². The van der Waals surface area contributed by atoms with E-state index in [2.05, 4.69) is 17.0 Å². The monoisotopic (exact) mass is 300 g/mol. The summed E-state index contributed by atoms with van der Waals surface area (Å²) in [5.74, 6) is 0. The van der Waals surface area contributed by atoms with Crippen LogP contribution in [0.3, 0.4) is 0 Å². The van der Waals surface area contributed by atoms with E-state index in [4.69, 9.17) is 4.74 Å². The van der Waals surface area contributed by atoms with E-state index < -0.39 is 10.0 Å². The van der Waals surface area contributed by atoms with Gasteiger partial charge in [-0.1, -0.05) is 6.92 Å². The van der Waals surface area contributed by atoms with Crippen LogP contribution in [-0.4, -0.2) is 34.2 Å². The number of sulfonamides is 1. The molecule has 0 aliphatic carbocycles. The van der Waals surface area contributed by atoms with E-state index in [1.165, 1.54) is 0 Å². The molecule has 0 bridgehead atoms. The zero-order valence-corrected chi connectivity index (χ0v) is 13.3. The molecule has 0 aliphatic heterocycles. The summed E-state index contributed by atoms with van der Waals surface area (Å²) < 4.78 is 31.6. The number of rotatable bonds is 8. The van der Waals surface area contributed by atoms with Gasteiger partial charge in [0, 0.05) is 24.9 Å². The first-order chi connectivity index (χ1) is 9.39. The van der Waals surface area contributed by atoms with Crippen LogP contribution in [0.5, 0.6) is 0 Å². The molecule has 0 spiro atoms. The van der Waals surface area contributed by atoms with E-state index in [1.54, 1.807) is 45.2 Å². The second-order valence-electron chi connectivity index (χ2n) is 5.01. The van der Waals surface area contributed by atoms with Gasteiger partial charge in [-0.05, 0) is 44.5 Å². The van der Waals surface area contributed by atoms with Gasteiger partial charge in [-0.2, -0.15) is 0 Å². The minimum absolute atomic E-state index is 0.121. The van der Waals surface area contributed by atoms with Crippen molar-refractivity contribution in [1.29, 1.82) is 0 Å². The lowest BCUT2D eigenvalue weighted by Crippen LogP contribution is -2.30. The Morgan fingerprint density at radius 2 is 1.80 bits per heavy atom. The average molecular weight is 300 g/mol. The maximum atomic E-state index is 12.0. The van der Waals surface area contributed by atoms with Gasteiger partial charge in [-0.3, -0.25) is 0 Å². The van der Waals surface area contributed by atoms with E-state index in [1.807, 2.05) is 0 Å².